The molecule has 0 unspecified atom stereocenters. The molecule has 0 aliphatic heterocycles. The summed E-state index contributed by atoms with van der Waals surface area (Å²) in [6.07, 6.45) is 11.0. The fourth-order valence-electron chi connectivity index (χ4n) is 5.68. The van der Waals surface area contributed by atoms with E-state index in [1.807, 2.05) is 24.3 Å². The molecular weight excluding hydrogens is 428 g/mol. The second-order valence-corrected chi connectivity index (χ2v) is 10.3. The van der Waals surface area contributed by atoms with E-state index in [-0.39, 0.29) is 24.3 Å². The molecule has 0 spiro atoms. The zero-order valence-electron chi connectivity index (χ0n) is 20.4. The van der Waals surface area contributed by atoms with Crippen molar-refractivity contribution in [2.75, 3.05) is 5.32 Å². The van der Waals surface area contributed by atoms with Crippen LogP contribution in [0.15, 0.2) is 28.8 Å². The number of amides is 2. The van der Waals surface area contributed by atoms with Crippen LogP contribution < -0.4 is 16.4 Å². The Balaban J connectivity index is 1.26. The van der Waals surface area contributed by atoms with E-state index in [1.54, 1.807) is 13.8 Å². The third-order valence-corrected chi connectivity index (χ3v) is 7.65. The highest BCUT2D eigenvalue weighted by molar-refractivity contribution is 6.06. The Morgan fingerprint density at radius 1 is 1.00 bits per heavy atom. The molecule has 2 aliphatic carbocycles. The maximum atomic E-state index is 12.8. The van der Waals surface area contributed by atoms with Crippen molar-refractivity contribution in [2.45, 2.75) is 90.1 Å². The molecule has 1 heterocycles. The molecule has 7 heteroatoms. The van der Waals surface area contributed by atoms with Crippen molar-refractivity contribution in [3.8, 4) is 0 Å². The third kappa shape index (κ3) is 6.26. The first-order valence-corrected chi connectivity index (χ1v) is 12.8. The minimum absolute atomic E-state index is 0.00348. The zero-order chi connectivity index (χ0) is 24.1. The van der Waals surface area contributed by atoms with E-state index in [0.29, 0.717) is 28.7 Å². The van der Waals surface area contributed by atoms with Crippen LogP contribution in [0.4, 0.5) is 5.69 Å². The standard InChI is InChI=1S/C27H38N4O3/c1-17-26(18(2)34-31-17)27(33)30-24-6-4-3-5-21(24)16-25(32)29-23-13-9-20(10-14-23)15-19-7-11-22(28)12-8-19/h3-6,19-20,22-23H,7-16,28H2,1-2H3,(H,29,32)(H,30,33). The fourth-order valence-corrected chi connectivity index (χ4v) is 5.68. The summed E-state index contributed by atoms with van der Waals surface area (Å²) in [4.78, 5) is 25.6. The fraction of sp³-hybridized carbons (Fsp3) is 0.593. The van der Waals surface area contributed by atoms with Gasteiger partial charge in [-0.3, -0.25) is 9.59 Å². The first-order chi connectivity index (χ1) is 16.4. The van der Waals surface area contributed by atoms with Crippen LogP contribution >= 0.6 is 0 Å². The molecule has 0 bridgehead atoms. The number of para-hydroxylation sites is 1. The Hall–Kier alpha value is -2.67. The third-order valence-electron chi connectivity index (χ3n) is 7.65. The lowest BCUT2D eigenvalue weighted by Gasteiger charge is -2.33. The summed E-state index contributed by atoms with van der Waals surface area (Å²) in [7, 11) is 0. The molecule has 0 radical (unpaired) electrons. The van der Waals surface area contributed by atoms with Gasteiger partial charge in [0.15, 0.2) is 0 Å². The summed E-state index contributed by atoms with van der Waals surface area (Å²) in [5.74, 6) is 1.83. The van der Waals surface area contributed by atoms with Crippen LogP contribution in [0.3, 0.4) is 0 Å². The Labute approximate surface area is 202 Å². The number of carbonyl (C=O) groups excluding carboxylic acids is 2. The Kier molecular flexibility index (Phi) is 8.03. The van der Waals surface area contributed by atoms with Crippen LogP contribution in [-0.2, 0) is 11.2 Å². The lowest BCUT2D eigenvalue weighted by molar-refractivity contribution is -0.121. The van der Waals surface area contributed by atoms with Gasteiger partial charge in [-0.05, 0) is 95.1 Å². The second kappa shape index (κ2) is 11.2. The molecule has 0 saturated heterocycles. The normalized spacial score (nSPS) is 25.0. The molecule has 1 aromatic heterocycles. The van der Waals surface area contributed by atoms with Crippen LogP contribution in [0.5, 0.6) is 0 Å². The molecule has 2 amide bonds. The van der Waals surface area contributed by atoms with Crippen LogP contribution in [0, 0.1) is 25.7 Å². The lowest BCUT2D eigenvalue weighted by atomic mass is 9.76. The van der Waals surface area contributed by atoms with Crippen molar-refractivity contribution < 1.29 is 14.1 Å². The zero-order valence-corrected chi connectivity index (χ0v) is 20.4. The molecule has 7 nitrogen and oxygen atoms in total. The number of hydrogen-bond acceptors (Lipinski definition) is 5. The predicted molar refractivity (Wildman–Crippen MR) is 133 cm³/mol. The van der Waals surface area contributed by atoms with Crippen molar-refractivity contribution in [2.24, 2.45) is 17.6 Å². The van der Waals surface area contributed by atoms with Gasteiger partial charge in [0.2, 0.25) is 5.91 Å². The smallest absolute Gasteiger partial charge is 0.261 e. The average molecular weight is 467 g/mol. The number of nitrogens with one attached hydrogen (secondary N) is 2. The number of nitrogens with zero attached hydrogens (tertiary/aromatic N) is 1. The van der Waals surface area contributed by atoms with E-state index in [0.717, 1.165) is 30.2 Å². The molecule has 4 rings (SSSR count). The lowest BCUT2D eigenvalue weighted by Crippen LogP contribution is -2.39. The highest BCUT2D eigenvalue weighted by atomic mass is 16.5. The number of carbonyl (C=O) groups is 2. The molecule has 2 aromatic rings. The number of anilines is 1. The van der Waals surface area contributed by atoms with Gasteiger partial charge in [0.25, 0.3) is 5.91 Å². The van der Waals surface area contributed by atoms with Crippen molar-refractivity contribution in [1.29, 1.82) is 0 Å². The summed E-state index contributed by atoms with van der Waals surface area (Å²) in [5, 5.41) is 10.0. The monoisotopic (exact) mass is 466 g/mol. The molecule has 184 valence electrons. The van der Waals surface area contributed by atoms with Crippen molar-refractivity contribution in [1.82, 2.24) is 10.5 Å². The number of benzene rings is 1. The van der Waals surface area contributed by atoms with E-state index in [4.69, 9.17) is 10.3 Å². The summed E-state index contributed by atoms with van der Waals surface area (Å²) >= 11 is 0. The minimum Gasteiger partial charge on any atom is -0.361 e. The minimum atomic E-state index is -0.276. The van der Waals surface area contributed by atoms with Gasteiger partial charge < -0.3 is 20.9 Å². The molecular formula is C27H38N4O3. The van der Waals surface area contributed by atoms with Crippen LogP contribution in [0.2, 0.25) is 0 Å². The second-order valence-electron chi connectivity index (χ2n) is 10.3. The molecule has 34 heavy (non-hydrogen) atoms. The highest BCUT2D eigenvalue weighted by Crippen LogP contribution is 2.35. The SMILES string of the molecule is Cc1noc(C)c1C(=O)Nc1ccccc1CC(=O)NC1CCC(CC2CCC(N)CC2)CC1. The molecule has 4 N–H and O–H groups in total. The van der Waals surface area contributed by atoms with E-state index < -0.39 is 0 Å². The van der Waals surface area contributed by atoms with E-state index in [1.165, 1.54) is 44.9 Å². The summed E-state index contributed by atoms with van der Waals surface area (Å²) < 4.78 is 5.11. The number of aromatic nitrogens is 1. The maximum absolute atomic E-state index is 12.8. The first kappa shape index (κ1) is 24.5. The average Bonchev–Trinajstić information content (AvgIpc) is 3.16. The van der Waals surface area contributed by atoms with Gasteiger partial charge in [0.05, 0.1) is 12.1 Å². The largest absolute Gasteiger partial charge is 0.361 e. The first-order valence-electron chi connectivity index (χ1n) is 12.8. The quantitative estimate of drug-likeness (QED) is 0.549. The maximum Gasteiger partial charge on any atom is 0.261 e. The Morgan fingerprint density at radius 3 is 2.29 bits per heavy atom. The van der Waals surface area contributed by atoms with Crippen molar-refractivity contribution in [3.63, 3.8) is 0 Å². The Bertz CT molecular complexity index is 966. The predicted octanol–water partition coefficient (Wildman–Crippen LogP) is 4.67. The van der Waals surface area contributed by atoms with Gasteiger partial charge in [-0.25, -0.2) is 0 Å². The van der Waals surface area contributed by atoms with Crippen LogP contribution in [-0.4, -0.2) is 29.1 Å². The molecule has 2 fully saturated rings. The van der Waals surface area contributed by atoms with Crippen molar-refractivity contribution in [3.05, 3.63) is 46.8 Å². The number of nitrogens with two attached hydrogens (primary N) is 1. The van der Waals surface area contributed by atoms with E-state index in [9.17, 15) is 9.59 Å². The van der Waals surface area contributed by atoms with E-state index >= 15 is 0 Å². The van der Waals surface area contributed by atoms with Gasteiger partial charge in [0.1, 0.15) is 11.3 Å². The number of aryl methyl sites for hydroxylation is 2. The van der Waals surface area contributed by atoms with Gasteiger partial charge in [-0.15, -0.1) is 0 Å². The highest BCUT2D eigenvalue weighted by Gasteiger charge is 2.27. The van der Waals surface area contributed by atoms with Crippen LogP contribution in [0.1, 0.15) is 85.2 Å². The molecule has 2 aliphatic rings. The van der Waals surface area contributed by atoms with Gasteiger partial charge in [-0.2, -0.15) is 0 Å². The van der Waals surface area contributed by atoms with Gasteiger partial charge in [0, 0.05) is 17.8 Å². The summed E-state index contributed by atoms with van der Waals surface area (Å²) in [6.45, 7) is 3.46. The van der Waals surface area contributed by atoms with E-state index in [2.05, 4.69) is 15.8 Å². The summed E-state index contributed by atoms with van der Waals surface area (Å²) in [6, 6.07) is 8.10. The number of rotatable bonds is 7. The molecule has 0 atom stereocenters. The summed E-state index contributed by atoms with van der Waals surface area (Å²) in [5.41, 5.74) is 8.47. The topological polar surface area (TPSA) is 110 Å². The molecule has 2 saturated carbocycles. The molecule has 1 aromatic carbocycles. The van der Waals surface area contributed by atoms with Crippen LogP contribution in [0.25, 0.3) is 0 Å². The van der Waals surface area contributed by atoms with Crippen molar-refractivity contribution >= 4 is 17.5 Å². The van der Waals surface area contributed by atoms with Gasteiger partial charge >= 0.3 is 0 Å². The van der Waals surface area contributed by atoms with Gasteiger partial charge in [-0.1, -0.05) is 23.4 Å². The Morgan fingerprint density at radius 2 is 1.65 bits per heavy atom. The number of hydrogen-bond donors (Lipinski definition) is 3.